The number of rotatable bonds is 3. The van der Waals surface area contributed by atoms with Gasteiger partial charge in [-0.25, -0.2) is 9.59 Å². The summed E-state index contributed by atoms with van der Waals surface area (Å²) in [4.78, 5) is 26.6. The van der Waals surface area contributed by atoms with Crippen LogP contribution in [0.3, 0.4) is 0 Å². The third-order valence-corrected chi connectivity index (χ3v) is 1.48. The molecule has 0 spiro atoms. The Hall–Kier alpha value is -2.28. The predicted octanol–water partition coefficient (Wildman–Crippen LogP) is 1.66. The van der Waals surface area contributed by atoms with Crippen LogP contribution in [0.5, 0.6) is 0 Å². The molecule has 0 heterocycles. The van der Waals surface area contributed by atoms with Gasteiger partial charge in [0.05, 0.1) is 6.20 Å². The lowest BCUT2D eigenvalue weighted by Crippen LogP contribution is -1.78. The van der Waals surface area contributed by atoms with Gasteiger partial charge in [0, 0.05) is 5.56 Å². The zero-order valence-corrected chi connectivity index (χ0v) is 7.18. The zero-order valence-electron chi connectivity index (χ0n) is 7.18. The highest BCUT2D eigenvalue weighted by Crippen LogP contribution is 2.14. The summed E-state index contributed by atoms with van der Waals surface area (Å²) in [5.41, 5.74) is 0.971. The molecule has 1 aromatic rings. The van der Waals surface area contributed by atoms with Gasteiger partial charge in [-0.1, -0.05) is 30.3 Å². The van der Waals surface area contributed by atoms with E-state index >= 15 is 0 Å². The largest absolute Gasteiger partial charge is 0.240 e. The van der Waals surface area contributed by atoms with Gasteiger partial charge in [-0.05, 0) is 0 Å². The van der Waals surface area contributed by atoms with Crippen LogP contribution in [0.15, 0.2) is 46.5 Å². The molecule has 4 heteroatoms. The summed E-state index contributed by atoms with van der Waals surface area (Å²) in [6.45, 7) is 0. The second-order valence-electron chi connectivity index (χ2n) is 2.30. The van der Waals surface area contributed by atoms with Crippen LogP contribution in [0.25, 0.3) is 5.70 Å². The average molecular weight is 186 g/mol. The molecular formula is C10H6N2O2. The Morgan fingerprint density at radius 3 is 2.43 bits per heavy atom. The van der Waals surface area contributed by atoms with E-state index in [0.29, 0.717) is 5.56 Å². The Balaban J connectivity index is 3.12. The predicted molar refractivity (Wildman–Crippen MR) is 50.7 cm³/mol. The summed E-state index contributed by atoms with van der Waals surface area (Å²) < 4.78 is 0. The van der Waals surface area contributed by atoms with Gasteiger partial charge in [0.2, 0.25) is 12.2 Å². The van der Waals surface area contributed by atoms with Crippen molar-refractivity contribution in [2.75, 3.05) is 0 Å². The van der Waals surface area contributed by atoms with Crippen molar-refractivity contribution < 1.29 is 9.59 Å². The number of carbonyl (C=O) groups excluding carboxylic acids is 2. The Kier molecular flexibility index (Phi) is 3.77. The van der Waals surface area contributed by atoms with Crippen molar-refractivity contribution in [3.63, 3.8) is 0 Å². The summed E-state index contributed by atoms with van der Waals surface area (Å²) in [5.74, 6) is 0. The highest BCUT2D eigenvalue weighted by molar-refractivity contribution is 5.69. The molecule has 1 rings (SSSR count). The third-order valence-electron chi connectivity index (χ3n) is 1.48. The van der Waals surface area contributed by atoms with Crippen LogP contribution >= 0.6 is 0 Å². The zero-order chi connectivity index (χ0) is 10.2. The van der Waals surface area contributed by atoms with Gasteiger partial charge in [0.1, 0.15) is 5.70 Å². The van der Waals surface area contributed by atoms with Crippen molar-refractivity contribution in [1.29, 1.82) is 0 Å². The van der Waals surface area contributed by atoms with Gasteiger partial charge in [0.25, 0.3) is 0 Å². The topological polar surface area (TPSA) is 58.9 Å². The Morgan fingerprint density at radius 2 is 1.86 bits per heavy atom. The maximum Gasteiger partial charge on any atom is 0.240 e. The van der Waals surface area contributed by atoms with Crippen LogP contribution in [0, 0.1) is 0 Å². The van der Waals surface area contributed by atoms with Crippen LogP contribution in [-0.2, 0) is 9.59 Å². The molecule has 0 saturated carbocycles. The maximum absolute atomic E-state index is 10.1. The van der Waals surface area contributed by atoms with Crippen LogP contribution in [0.4, 0.5) is 0 Å². The lowest BCUT2D eigenvalue weighted by Gasteiger charge is -1.95. The number of nitrogens with zero attached hydrogens (tertiary/aromatic N) is 2. The molecule has 0 N–H and O–H groups in total. The molecule has 68 valence electrons. The van der Waals surface area contributed by atoms with Gasteiger partial charge in [0.15, 0.2) is 0 Å². The Bertz CT molecular complexity index is 425. The molecule has 0 aliphatic rings. The van der Waals surface area contributed by atoms with E-state index < -0.39 is 0 Å². The fraction of sp³-hybridized carbons (Fsp3) is 0. The molecule has 0 aliphatic carbocycles. The summed E-state index contributed by atoms with van der Waals surface area (Å²) in [6.07, 6.45) is 3.89. The SMILES string of the molecule is O=C=N/C=C(\N=C=O)c1ccccc1. The van der Waals surface area contributed by atoms with Crippen molar-refractivity contribution in [2.45, 2.75) is 0 Å². The van der Waals surface area contributed by atoms with Gasteiger partial charge < -0.3 is 0 Å². The number of isocyanates is 2. The lowest BCUT2D eigenvalue weighted by molar-refractivity contribution is 0.564. The normalized spacial score (nSPS) is 9.86. The van der Waals surface area contributed by atoms with Crippen LogP contribution in [0.1, 0.15) is 5.56 Å². The molecule has 1 aromatic carbocycles. The molecule has 14 heavy (non-hydrogen) atoms. The van der Waals surface area contributed by atoms with Crippen molar-refractivity contribution >= 4 is 17.9 Å². The fourth-order valence-corrected chi connectivity index (χ4v) is 0.914. The van der Waals surface area contributed by atoms with E-state index in [9.17, 15) is 9.59 Å². The molecule has 0 amide bonds. The highest BCUT2D eigenvalue weighted by atomic mass is 16.1. The first-order valence-corrected chi connectivity index (χ1v) is 3.79. The summed E-state index contributed by atoms with van der Waals surface area (Å²) in [5, 5.41) is 0. The first-order valence-electron chi connectivity index (χ1n) is 3.79. The van der Waals surface area contributed by atoms with E-state index in [-0.39, 0.29) is 5.70 Å². The first kappa shape index (κ1) is 9.81. The maximum atomic E-state index is 10.1. The average Bonchev–Trinajstić information content (AvgIpc) is 2.25. The van der Waals surface area contributed by atoms with Crippen molar-refractivity contribution in [2.24, 2.45) is 9.98 Å². The third kappa shape index (κ3) is 2.64. The van der Waals surface area contributed by atoms with E-state index in [4.69, 9.17) is 0 Å². The summed E-state index contributed by atoms with van der Waals surface area (Å²) >= 11 is 0. The molecule has 0 unspecified atom stereocenters. The van der Waals surface area contributed by atoms with E-state index in [1.165, 1.54) is 12.2 Å². The van der Waals surface area contributed by atoms with Crippen molar-refractivity contribution in [3.8, 4) is 0 Å². The first-order chi connectivity index (χ1) is 6.88. The molecule has 4 nitrogen and oxygen atoms in total. The molecule has 0 radical (unpaired) electrons. The second-order valence-corrected chi connectivity index (χ2v) is 2.30. The van der Waals surface area contributed by atoms with Crippen molar-refractivity contribution in [3.05, 3.63) is 42.1 Å². The lowest BCUT2D eigenvalue weighted by atomic mass is 10.2. The van der Waals surface area contributed by atoms with Crippen LogP contribution in [-0.4, -0.2) is 12.2 Å². The summed E-state index contributed by atoms with van der Waals surface area (Å²) in [6, 6.07) is 8.89. The standard InChI is InChI=1S/C10H6N2O2/c13-7-11-6-10(12-8-14)9-4-2-1-3-5-9/h1-6H/b10-6-. The fourth-order valence-electron chi connectivity index (χ4n) is 0.914. The van der Waals surface area contributed by atoms with Crippen molar-refractivity contribution in [1.82, 2.24) is 0 Å². The Labute approximate surface area is 80.3 Å². The highest BCUT2D eigenvalue weighted by Gasteiger charge is 1.97. The van der Waals surface area contributed by atoms with E-state index in [1.807, 2.05) is 6.07 Å². The minimum absolute atomic E-state index is 0.281. The quantitative estimate of drug-likeness (QED) is 0.532. The minimum Gasteiger partial charge on any atom is -0.211 e. The Morgan fingerprint density at radius 1 is 1.14 bits per heavy atom. The van der Waals surface area contributed by atoms with E-state index in [1.54, 1.807) is 24.3 Å². The van der Waals surface area contributed by atoms with Crippen LogP contribution < -0.4 is 0 Å². The molecular weight excluding hydrogens is 180 g/mol. The van der Waals surface area contributed by atoms with Gasteiger partial charge in [-0.3, -0.25) is 0 Å². The number of hydrogen-bond acceptors (Lipinski definition) is 4. The number of hydrogen-bond donors (Lipinski definition) is 0. The smallest absolute Gasteiger partial charge is 0.211 e. The molecule has 0 aromatic heterocycles. The molecule has 0 atom stereocenters. The minimum atomic E-state index is 0.281. The van der Waals surface area contributed by atoms with Gasteiger partial charge in [-0.2, -0.15) is 9.98 Å². The second kappa shape index (κ2) is 5.38. The summed E-state index contributed by atoms with van der Waals surface area (Å²) in [7, 11) is 0. The molecule has 0 saturated heterocycles. The van der Waals surface area contributed by atoms with E-state index in [2.05, 4.69) is 9.98 Å². The monoisotopic (exact) mass is 186 g/mol. The molecule has 0 fully saturated rings. The van der Waals surface area contributed by atoms with Gasteiger partial charge in [-0.15, -0.1) is 0 Å². The molecule has 0 bridgehead atoms. The number of aliphatic imine (C=N–C) groups is 2. The molecule has 0 aliphatic heterocycles. The number of benzene rings is 1. The van der Waals surface area contributed by atoms with Gasteiger partial charge >= 0.3 is 0 Å². The van der Waals surface area contributed by atoms with E-state index in [0.717, 1.165) is 6.20 Å². The van der Waals surface area contributed by atoms with Crippen LogP contribution in [0.2, 0.25) is 0 Å².